The maximum Gasteiger partial charge on any atom is 0.247 e. The van der Waals surface area contributed by atoms with E-state index in [9.17, 15) is 0 Å². The Bertz CT molecular complexity index is 1240. The van der Waals surface area contributed by atoms with Gasteiger partial charge < -0.3 is 13.6 Å². The summed E-state index contributed by atoms with van der Waals surface area (Å²) in [6, 6.07) is 22.7. The van der Waals surface area contributed by atoms with Crippen LogP contribution in [0.25, 0.3) is 22.2 Å². The highest BCUT2D eigenvalue weighted by Gasteiger charge is 2.28. The first-order valence-corrected chi connectivity index (χ1v) is 15.4. The molecule has 0 aliphatic heterocycles. The Kier molecular flexibility index (Phi) is 8.31. The van der Waals surface area contributed by atoms with Crippen LogP contribution in [0.2, 0.25) is 13.1 Å². The van der Waals surface area contributed by atoms with Crippen LogP contribution in [0.15, 0.2) is 71.1 Å². The number of aromatic nitrogens is 2. The molecule has 0 fully saturated rings. The summed E-state index contributed by atoms with van der Waals surface area (Å²) in [6.07, 6.45) is 0.0737. The molecule has 0 N–H and O–H groups in total. The van der Waals surface area contributed by atoms with Crippen molar-refractivity contribution in [1.29, 1.82) is 0 Å². The summed E-state index contributed by atoms with van der Waals surface area (Å²) < 4.78 is 18.0. The lowest BCUT2D eigenvalue weighted by molar-refractivity contribution is 0.0867. The van der Waals surface area contributed by atoms with Gasteiger partial charge in [-0.1, -0.05) is 57.2 Å². The van der Waals surface area contributed by atoms with Crippen molar-refractivity contribution in [2.24, 2.45) is 5.41 Å². The lowest BCUT2D eigenvalue weighted by Gasteiger charge is -2.33. The largest absolute Gasteiger partial charge is 0.493 e. The minimum atomic E-state index is -0.815. The van der Waals surface area contributed by atoms with Gasteiger partial charge in [0.05, 0.1) is 18.5 Å². The monoisotopic (exact) mass is 505 g/mol. The van der Waals surface area contributed by atoms with E-state index in [2.05, 4.69) is 74.4 Å². The van der Waals surface area contributed by atoms with Crippen LogP contribution < -0.4 is 4.74 Å². The Morgan fingerprint density at radius 2 is 1.69 bits per heavy atom. The van der Waals surface area contributed by atoms with Crippen molar-refractivity contribution in [2.45, 2.75) is 45.7 Å². The maximum atomic E-state index is 6.37. The van der Waals surface area contributed by atoms with Gasteiger partial charge in [0.1, 0.15) is 5.75 Å². The van der Waals surface area contributed by atoms with Crippen LogP contribution in [0.1, 0.15) is 38.3 Å². The van der Waals surface area contributed by atoms with E-state index in [0.29, 0.717) is 24.1 Å². The highest BCUT2D eigenvalue weighted by atomic mass is 32.2. The Hall–Kier alpha value is -2.61. The summed E-state index contributed by atoms with van der Waals surface area (Å²) in [5, 5.41) is 10.8. The molecular weight excluding hydrogens is 472 g/mol. The van der Waals surface area contributed by atoms with Gasteiger partial charge in [-0.15, -0.1) is 22.0 Å². The molecule has 0 bridgehead atoms. The van der Waals surface area contributed by atoms with Crippen molar-refractivity contribution in [3.63, 3.8) is 0 Å². The summed E-state index contributed by atoms with van der Waals surface area (Å²) in [5.41, 5.74) is 2.18. The summed E-state index contributed by atoms with van der Waals surface area (Å²) in [5.74, 6) is 3.57. The number of rotatable bonds is 10. The van der Waals surface area contributed by atoms with Crippen LogP contribution in [0.3, 0.4) is 0 Å². The topological polar surface area (TPSA) is 57.4 Å². The van der Waals surface area contributed by atoms with Gasteiger partial charge in [0.15, 0.2) is 0 Å². The summed E-state index contributed by atoms with van der Waals surface area (Å²) in [4.78, 5) is 0. The van der Waals surface area contributed by atoms with Crippen molar-refractivity contribution in [2.75, 3.05) is 12.4 Å². The molecule has 0 aliphatic carbocycles. The minimum absolute atomic E-state index is 0.0292. The van der Waals surface area contributed by atoms with Crippen LogP contribution in [0.4, 0.5) is 0 Å². The zero-order valence-corrected chi connectivity index (χ0v) is 22.9. The number of hydrogen-bond acceptors (Lipinski definition) is 6. The quantitative estimate of drug-likeness (QED) is 0.164. The second-order valence-electron chi connectivity index (χ2n) is 9.81. The average molecular weight is 506 g/mol. The SMILES string of the molecule is C[Si](C)OC(c1ccc2cc(-c3nnc(CSCCOc4ccccc4)o3)ccc2c1)C(C)(C)C. The highest BCUT2D eigenvalue weighted by Crippen LogP contribution is 2.38. The normalized spacial score (nSPS) is 12.9. The van der Waals surface area contributed by atoms with E-state index in [1.807, 2.05) is 36.4 Å². The molecule has 0 aliphatic rings. The standard InChI is InChI=1S/C28H33N2O3SSi/c1-28(2,3)26(33-35(4)5)22-13-11-21-18-23(14-12-20(21)17-22)27-30-29-25(32-27)19-34-16-15-31-24-9-7-6-8-10-24/h6-14,17-18,26H,15-16,19H2,1-5H3. The lowest BCUT2D eigenvalue weighted by atomic mass is 9.84. The number of fused-ring (bicyclic) bond motifs is 1. The Balaban J connectivity index is 1.39. The zero-order chi connectivity index (χ0) is 24.8. The number of para-hydroxylation sites is 1. The zero-order valence-electron chi connectivity index (χ0n) is 21.1. The summed E-state index contributed by atoms with van der Waals surface area (Å²) in [7, 11) is -0.815. The van der Waals surface area contributed by atoms with Gasteiger partial charge in [-0.2, -0.15) is 0 Å². The number of thioether (sulfide) groups is 1. The van der Waals surface area contributed by atoms with Crippen LogP contribution >= 0.6 is 11.8 Å². The van der Waals surface area contributed by atoms with Crippen molar-refractivity contribution < 1.29 is 13.6 Å². The van der Waals surface area contributed by atoms with Crippen LogP contribution in [0.5, 0.6) is 5.75 Å². The second-order valence-corrected chi connectivity index (χ2v) is 13.0. The Morgan fingerprint density at radius 3 is 2.43 bits per heavy atom. The van der Waals surface area contributed by atoms with Gasteiger partial charge in [-0.3, -0.25) is 0 Å². The third-order valence-corrected chi connectivity index (χ3v) is 7.10. The predicted octanol–water partition coefficient (Wildman–Crippen LogP) is 7.56. The molecule has 35 heavy (non-hydrogen) atoms. The molecular formula is C28H33N2O3SSi. The fraction of sp³-hybridized carbons (Fsp3) is 0.357. The smallest absolute Gasteiger partial charge is 0.247 e. The van der Waals surface area contributed by atoms with Crippen molar-refractivity contribution in [3.05, 3.63) is 78.2 Å². The molecule has 1 unspecified atom stereocenters. The van der Waals surface area contributed by atoms with Gasteiger partial charge in [0.25, 0.3) is 0 Å². The Labute approximate surface area is 214 Å². The highest BCUT2D eigenvalue weighted by molar-refractivity contribution is 7.98. The average Bonchev–Trinajstić information content (AvgIpc) is 3.30. The molecule has 1 heterocycles. The van der Waals surface area contributed by atoms with Crippen molar-refractivity contribution >= 4 is 31.6 Å². The van der Waals surface area contributed by atoms with E-state index in [-0.39, 0.29) is 11.5 Å². The molecule has 1 radical (unpaired) electrons. The number of nitrogens with zero attached hydrogens (tertiary/aromatic N) is 2. The lowest BCUT2D eigenvalue weighted by Crippen LogP contribution is -2.25. The van der Waals surface area contributed by atoms with Crippen LogP contribution in [-0.4, -0.2) is 31.6 Å². The second kappa shape index (κ2) is 11.4. The van der Waals surface area contributed by atoms with E-state index in [4.69, 9.17) is 13.6 Å². The molecule has 4 aromatic rings. The van der Waals surface area contributed by atoms with Gasteiger partial charge in [-0.25, -0.2) is 0 Å². The Morgan fingerprint density at radius 1 is 0.943 bits per heavy atom. The van der Waals surface area contributed by atoms with E-state index in [0.717, 1.165) is 22.5 Å². The van der Waals surface area contributed by atoms with E-state index in [1.165, 1.54) is 10.9 Å². The molecule has 1 aromatic heterocycles. The third-order valence-electron chi connectivity index (χ3n) is 5.49. The molecule has 1 atom stereocenters. The number of ether oxygens (including phenoxy) is 1. The van der Waals surface area contributed by atoms with Gasteiger partial charge in [0, 0.05) is 11.3 Å². The molecule has 0 saturated carbocycles. The minimum Gasteiger partial charge on any atom is -0.493 e. The summed E-state index contributed by atoms with van der Waals surface area (Å²) in [6.45, 7) is 11.7. The first-order chi connectivity index (χ1) is 16.8. The van der Waals surface area contributed by atoms with Crippen LogP contribution in [0, 0.1) is 5.41 Å². The third kappa shape index (κ3) is 6.96. The van der Waals surface area contributed by atoms with Crippen molar-refractivity contribution in [1.82, 2.24) is 10.2 Å². The molecule has 4 rings (SSSR count). The fourth-order valence-electron chi connectivity index (χ4n) is 3.86. The van der Waals surface area contributed by atoms with Crippen LogP contribution in [-0.2, 0) is 10.2 Å². The fourth-order valence-corrected chi connectivity index (χ4v) is 5.46. The number of benzene rings is 3. The molecule has 5 nitrogen and oxygen atoms in total. The molecule has 0 amide bonds. The first-order valence-electron chi connectivity index (χ1n) is 11.9. The summed E-state index contributed by atoms with van der Waals surface area (Å²) >= 11 is 1.72. The molecule has 3 aromatic carbocycles. The first kappa shape index (κ1) is 25.5. The van der Waals surface area contributed by atoms with Gasteiger partial charge in [0.2, 0.25) is 20.8 Å². The molecule has 0 spiro atoms. The number of hydrogen-bond donors (Lipinski definition) is 0. The predicted molar refractivity (Wildman–Crippen MR) is 146 cm³/mol. The molecule has 183 valence electrons. The maximum absolute atomic E-state index is 6.37. The molecule has 7 heteroatoms. The van der Waals surface area contributed by atoms with Gasteiger partial charge >= 0.3 is 0 Å². The van der Waals surface area contributed by atoms with E-state index < -0.39 is 9.04 Å². The van der Waals surface area contributed by atoms with E-state index >= 15 is 0 Å². The van der Waals surface area contributed by atoms with Gasteiger partial charge in [-0.05, 0) is 65.2 Å². The van der Waals surface area contributed by atoms with Crippen molar-refractivity contribution in [3.8, 4) is 17.2 Å². The van der Waals surface area contributed by atoms with E-state index in [1.54, 1.807) is 11.8 Å². The molecule has 0 saturated heterocycles.